The summed E-state index contributed by atoms with van der Waals surface area (Å²) in [4.78, 5) is 91.7. The van der Waals surface area contributed by atoms with Gasteiger partial charge < -0.3 is 36.8 Å². The van der Waals surface area contributed by atoms with Crippen LogP contribution in [0.15, 0.2) is 60.7 Å². The van der Waals surface area contributed by atoms with Crippen LogP contribution in [-0.2, 0) is 33.6 Å². The zero-order valence-electron chi connectivity index (χ0n) is 29.6. The topological polar surface area (TPSA) is 220 Å². The maximum absolute atomic E-state index is 13.9. The molecule has 0 saturated heterocycles. The molecule has 14 heteroatoms. The third-order valence-corrected chi connectivity index (χ3v) is 10.2. The summed E-state index contributed by atoms with van der Waals surface area (Å²) >= 11 is 0. The molecule has 0 aliphatic heterocycles. The van der Waals surface area contributed by atoms with Gasteiger partial charge in [0.1, 0.15) is 12.1 Å². The molecular formula is C39H49N5O9. The third-order valence-electron chi connectivity index (χ3n) is 10.2. The lowest BCUT2D eigenvalue weighted by Crippen LogP contribution is -2.58. The van der Waals surface area contributed by atoms with Gasteiger partial charge in [-0.25, -0.2) is 4.79 Å². The van der Waals surface area contributed by atoms with Crippen LogP contribution in [0.25, 0.3) is 0 Å². The van der Waals surface area contributed by atoms with Crippen LogP contribution < -0.4 is 26.6 Å². The number of ketones is 1. The summed E-state index contributed by atoms with van der Waals surface area (Å²) in [5.41, 5.74) is 0.708. The molecule has 3 saturated carbocycles. The highest BCUT2D eigenvalue weighted by molar-refractivity contribution is 6.38. The van der Waals surface area contributed by atoms with Crippen molar-refractivity contribution in [1.29, 1.82) is 0 Å². The first-order valence-corrected chi connectivity index (χ1v) is 18.5. The van der Waals surface area contributed by atoms with E-state index >= 15 is 0 Å². The molecule has 284 valence electrons. The average Bonchev–Trinajstić information content (AvgIpc) is 4.12. The van der Waals surface area contributed by atoms with Crippen LogP contribution in [0, 0.1) is 17.8 Å². The number of hydrogen-bond acceptors (Lipinski definition) is 8. The first-order chi connectivity index (χ1) is 25.5. The number of carbonyl (C=O) groups excluding carboxylic acids is 6. The molecular weight excluding hydrogens is 682 g/mol. The van der Waals surface area contributed by atoms with E-state index in [-0.39, 0.29) is 24.2 Å². The highest BCUT2D eigenvalue weighted by atomic mass is 16.4. The van der Waals surface area contributed by atoms with Crippen molar-refractivity contribution in [1.82, 2.24) is 26.6 Å². The second-order valence-electron chi connectivity index (χ2n) is 14.5. The summed E-state index contributed by atoms with van der Waals surface area (Å²) in [6, 6.07) is 11.8. The highest BCUT2D eigenvalue weighted by Gasteiger charge is 2.39. The molecule has 0 spiro atoms. The fourth-order valence-electron chi connectivity index (χ4n) is 6.81. The number of amides is 5. The molecule has 5 rings (SSSR count). The largest absolute Gasteiger partial charge is 0.479 e. The van der Waals surface area contributed by atoms with Gasteiger partial charge in [-0.3, -0.25) is 28.8 Å². The van der Waals surface area contributed by atoms with Gasteiger partial charge in [0, 0.05) is 0 Å². The number of carbonyl (C=O) groups is 7. The number of benzene rings is 2. The van der Waals surface area contributed by atoms with E-state index in [4.69, 9.17) is 0 Å². The van der Waals surface area contributed by atoms with E-state index in [1.807, 2.05) is 0 Å². The Labute approximate surface area is 308 Å². The summed E-state index contributed by atoms with van der Waals surface area (Å²) in [5, 5.41) is 33.2. The number of nitrogens with one attached hydrogen (secondary N) is 5. The SMILES string of the molecule is O=C(CNC(=O)C(=O)C(CC1CC1)NC(=O)[C@H](CC1CC1)NC(=O)[C@@H](NC(=O)[C@@H](O)c1ccccc1)C1CCCCC1)N[C@H](C(=O)O)c1ccccc1. The summed E-state index contributed by atoms with van der Waals surface area (Å²) in [6.07, 6.45) is 6.51. The fraction of sp³-hybridized carbons (Fsp3) is 0.513. The van der Waals surface area contributed by atoms with Crippen molar-refractivity contribution < 1.29 is 43.8 Å². The Morgan fingerprint density at radius 3 is 1.74 bits per heavy atom. The number of carboxylic acid groups (broad SMARTS) is 1. The first-order valence-electron chi connectivity index (χ1n) is 18.5. The Morgan fingerprint density at radius 2 is 1.17 bits per heavy atom. The van der Waals surface area contributed by atoms with E-state index in [2.05, 4.69) is 26.6 Å². The van der Waals surface area contributed by atoms with Crippen LogP contribution >= 0.6 is 0 Å². The quantitative estimate of drug-likeness (QED) is 0.105. The molecule has 3 aliphatic carbocycles. The van der Waals surface area contributed by atoms with Gasteiger partial charge in [-0.2, -0.15) is 0 Å². The monoisotopic (exact) mass is 731 g/mol. The molecule has 5 amide bonds. The van der Waals surface area contributed by atoms with Crippen molar-refractivity contribution in [2.75, 3.05) is 6.54 Å². The van der Waals surface area contributed by atoms with Gasteiger partial charge in [-0.1, -0.05) is 106 Å². The molecule has 0 aromatic heterocycles. The van der Waals surface area contributed by atoms with Crippen molar-refractivity contribution in [3.8, 4) is 0 Å². The van der Waals surface area contributed by atoms with E-state index in [1.54, 1.807) is 48.5 Å². The lowest BCUT2D eigenvalue weighted by Gasteiger charge is -2.32. The van der Waals surface area contributed by atoms with E-state index in [9.17, 15) is 43.8 Å². The minimum absolute atomic E-state index is 0.112. The van der Waals surface area contributed by atoms with Crippen molar-refractivity contribution in [2.45, 2.75) is 101 Å². The van der Waals surface area contributed by atoms with Crippen molar-refractivity contribution >= 4 is 41.3 Å². The number of rotatable bonds is 19. The highest BCUT2D eigenvalue weighted by Crippen LogP contribution is 2.35. The minimum atomic E-state index is -1.49. The summed E-state index contributed by atoms with van der Waals surface area (Å²) in [5.74, 6) is -6.04. The minimum Gasteiger partial charge on any atom is -0.479 e. The molecule has 2 aromatic rings. The van der Waals surface area contributed by atoms with Crippen LogP contribution in [0.5, 0.6) is 0 Å². The predicted molar refractivity (Wildman–Crippen MR) is 191 cm³/mol. The van der Waals surface area contributed by atoms with Crippen LogP contribution in [-0.4, -0.2) is 76.2 Å². The molecule has 14 nitrogen and oxygen atoms in total. The molecule has 3 aliphatic rings. The van der Waals surface area contributed by atoms with Gasteiger partial charge in [0.05, 0.1) is 12.6 Å². The van der Waals surface area contributed by atoms with E-state index in [0.717, 1.165) is 44.9 Å². The smallest absolute Gasteiger partial charge is 0.330 e. The van der Waals surface area contributed by atoms with E-state index in [0.29, 0.717) is 30.4 Å². The number of hydrogen-bond donors (Lipinski definition) is 7. The maximum Gasteiger partial charge on any atom is 0.330 e. The summed E-state index contributed by atoms with van der Waals surface area (Å²) < 4.78 is 0. The lowest BCUT2D eigenvalue weighted by molar-refractivity contribution is -0.142. The summed E-state index contributed by atoms with van der Waals surface area (Å²) in [7, 11) is 0. The fourth-order valence-corrected chi connectivity index (χ4v) is 6.81. The van der Waals surface area contributed by atoms with Gasteiger partial charge >= 0.3 is 5.97 Å². The predicted octanol–water partition coefficient (Wildman–Crippen LogP) is 1.98. The van der Waals surface area contributed by atoms with Gasteiger partial charge in [-0.05, 0) is 54.6 Å². The number of carboxylic acids is 1. The molecule has 2 aromatic carbocycles. The van der Waals surface area contributed by atoms with Gasteiger partial charge in [0.25, 0.3) is 11.8 Å². The molecule has 0 heterocycles. The molecule has 0 bridgehead atoms. The Kier molecular flexibility index (Phi) is 13.7. The lowest BCUT2D eigenvalue weighted by atomic mass is 9.83. The standard InChI is InChI=1S/C39H49N5O9/c45-30(43-32(39(52)53)26-12-6-2-7-13-26)22-40-37(50)34(47)28(20-23-16-17-23)41-35(48)29(21-24-18-19-24)42-36(49)31(25-10-4-1-5-11-25)44-38(51)33(46)27-14-8-3-9-15-27/h2-3,6-9,12-15,23-25,28-29,31-33,46H,1,4-5,10-11,16-22H2,(H,40,50)(H,41,48)(H,42,49)(H,43,45)(H,44,51)(H,52,53)/t28?,29-,31-,32-,33-/m0/s1. The number of aliphatic carboxylic acids is 1. The Morgan fingerprint density at radius 1 is 0.623 bits per heavy atom. The number of Topliss-reactive ketones (excluding diaryl/α,β-unsaturated/α-hetero) is 1. The molecule has 0 radical (unpaired) electrons. The Hall–Kier alpha value is -5.11. The van der Waals surface area contributed by atoms with E-state index < -0.39 is 78.1 Å². The van der Waals surface area contributed by atoms with Crippen molar-refractivity contribution in [3.63, 3.8) is 0 Å². The second-order valence-corrected chi connectivity index (χ2v) is 14.5. The summed E-state index contributed by atoms with van der Waals surface area (Å²) in [6.45, 7) is -0.668. The molecule has 7 N–H and O–H groups in total. The van der Waals surface area contributed by atoms with Crippen LogP contribution in [0.1, 0.15) is 93.9 Å². The number of aliphatic hydroxyl groups is 1. The zero-order valence-corrected chi connectivity index (χ0v) is 29.6. The average molecular weight is 732 g/mol. The van der Waals surface area contributed by atoms with Crippen molar-refractivity contribution in [3.05, 3.63) is 71.8 Å². The van der Waals surface area contributed by atoms with Crippen LogP contribution in [0.4, 0.5) is 0 Å². The second kappa shape index (κ2) is 18.6. The van der Waals surface area contributed by atoms with Crippen molar-refractivity contribution in [2.24, 2.45) is 17.8 Å². The van der Waals surface area contributed by atoms with Gasteiger partial charge in [0.15, 0.2) is 12.1 Å². The third kappa shape index (κ3) is 11.7. The van der Waals surface area contributed by atoms with Gasteiger partial charge in [-0.15, -0.1) is 0 Å². The molecule has 3 fully saturated rings. The first kappa shape index (κ1) is 39.1. The molecule has 1 unspecified atom stereocenters. The zero-order chi connectivity index (χ0) is 37.9. The molecule has 53 heavy (non-hydrogen) atoms. The van der Waals surface area contributed by atoms with Crippen LogP contribution in [0.3, 0.4) is 0 Å². The van der Waals surface area contributed by atoms with E-state index in [1.165, 1.54) is 12.1 Å². The van der Waals surface area contributed by atoms with Crippen LogP contribution in [0.2, 0.25) is 0 Å². The maximum atomic E-state index is 13.9. The Balaban J connectivity index is 1.22. The Bertz CT molecular complexity index is 1620. The number of aliphatic hydroxyl groups excluding tert-OH is 1. The van der Waals surface area contributed by atoms with Gasteiger partial charge in [0.2, 0.25) is 23.5 Å². The normalized spacial score (nSPS) is 18.6. The molecule has 5 atom stereocenters.